The summed E-state index contributed by atoms with van der Waals surface area (Å²) < 4.78 is 24.0. The number of aryl methyl sites for hydroxylation is 1. The van der Waals surface area contributed by atoms with Gasteiger partial charge in [0.25, 0.3) is 0 Å². The van der Waals surface area contributed by atoms with Gasteiger partial charge in [-0.05, 0) is 25.1 Å². The van der Waals surface area contributed by atoms with Crippen LogP contribution in [-0.4, -0.2) is 24.1 Å². The summed E-state index contributed by atoms with van der Waals surface area (Å²) in [5, 5.41) is 14.2. The second-order valence-electron chi connectivity index (χ2n) is 4.08. The molecular weight excluding hydrogens is 268 g/mol. The lowest BCUT2D eigenvalue weighted by Crippen LogP contribution is -2.17. The molecule has 0 radical (unpaired) electrons. The van der Waals surface area contributed by atoms with Gasteiger partial charge < -0.3 is 9.67 Å². The Bertz CT molecular complexity index is 730. The van der Waals surface area contributed by atoms with E-state index in [0.29, 0.717) is 5.69 Å². The summed E-state index contributed by atoms with van der Waals surface area (Å²) in [6.07, 6.45) is 1.37. The summed E-state index contributed by atoms with van der Waals surface area (Å²) in [7, 11) is -4.08. The summed E-state index contributed by atoms with van der Waals surface area (Å²) >= 11 is 0. The highest BCUT2D eigenvalue weighted by Crippen LogP contribution is 2.21. The van der Waals surface area contributed by atoms with Crippen LogP contribution in [0.5, 0.6) is 0 Å². The highest BCUT2D eigenvalue weighted by Gasteiger charge is 2.24. The van der Waals surface area contributed by atoms with Crippen LogP contribution in [0.4, 0.5) is 0 Å². The van der Waals surface area contributed by atoms with Gasteiger partial charge in [-0.1, -0.05) is 17.7 Å². The van der Waals surface area contributed by atoms with E-state index in [0.717, 1.165) is 5.56 Å². The Morgan fingerprint density at radius 1 is 1.21 bits per heavy atom. The molecule has 0 spiro atoms. The number of primary sulfonamides is 1. The van der Waals surface area contributed by atoms with Crippen molar-refractivity contribution in [3.63, 3.8) is 0 Å². The lowest BCUT2D eigenvalue weighted by Gasteiger charge is -2.07. The van der Waals surface area contributed by atoms with Crippen LogP contribution in [-0.2, 0) is 10.0 Å². The fraction of sp³-hybridized carbons (Fsp3) is 0.0833. The van der Waals surface area contributed by atoms with Crippen molar-refractivity contribution in [3.8, 4) is 5.69 Å². The predicted molar refractivity (Wildman–Crippen MR) is 68.8 cm³/mol. The summed E-state index contributed by atoms with van der Waals surface area (Å²) in [4.78, 5) is 10.8. The minimum absolute atomic E-state index is 0.369. The molecule has 7 heteroatoms. The molecule has 0 fully saturated rings. The number of hydrogen-bond acceptors (Lipinski definition) is 3. The number of carbonyl (C=O) groups is 1. The van der Waals surface area contributed by atoms with Crippen molar-refractivity contribution in [2.45, 2.75) is 11.8 Å². The number of benzene rings is 1. The Labute approximate surface area is 110 Å². The third kappa shape index (κ3) is 2.51. The normalized spacial score (nSPS) is 11.5. The topological polar surface area (TPSA) is 102 Å². The molecule has 1 aromatic heterocycles. The molecule has 0 saturated carbocycles. The Kier molecular flexibility index (Phi) is 3.17. The minimum atomic E-state index is -4.08. The summed E-state index contributed by atoms with van der Waals surface area (Å²) in [6, 6.07) is 8.19. The average Bonchev–Trinajstić information content (AvgIpc) is 2.74. The number of hydrogen-bond donors (Lipinski definition) is 2. The number of carboxylic acid groups (broad SMARTS) is 1. The molecule has 0 atom stereocenters. The van der Waals surface area contributed by atoms with Crippen LogP contribution in [0, 0.1) is 6.92 Å². The zero-order chi connectivity index (χ0) is 14.2. The van der Waals surface area contributed by atoms with Crippen LogP contribution >= 0.6 is 0 Å². The highest BCUT2D eigenvalue weighted by molar-refractivity contribution is 7.89. The van der Waals surface area contributed by atoms with E-state index >= 15 is 0 Å². The molecule has 0 aliphatic rings. The number of rotatable bonds is 3. The number of carboxylic acids is 1. The lowest BCUT2D eigenvalue weighted by atomic mass is 10.2. The molecule has 2 aromatic rings. The molecule has 1 heterocycles. The molecule has 100 valence electrons. The van der Waals surface area contributed by atoms with Gasteiger partial charge in [-0.25, -0.2) is 18.4 Å². The van der Waals surface area contributed by atoms with Crippen molar-refractivity contribution in [2.75, 3.05) is 0 Å². The maximum Gasteiger partial charge on any atom is 0.354 e. The maximum atomic E-state index is 11.4. The van der Waals surface area contributed by atoms with E-state index in [1.165, 1.54) is 16.8 Å². The summed E-state index contributed by atoms with van der Waals surface area (Å²) in [5.74, 6) is -1.35. The smallest absolute Gasteiger partial charge is 0.354 e. The van der Waals surface area contributed by atoms with E-state index in [1.807, 2.05) is 6.92 Å². The average molecular weight is 280 g/mol. The van der Waals surface area contributed by atoms with Crippen molar-refractivity contribution >= 4 is 16.0 Å². The Morgan fingerprint density at radius 2 is 1.79 bits per heavy atom. The molecule has 6 nitrogen and oxygen atoms in total. The first kappa shape index (κ1) is 13.3. The molecule has 0 aliphatic heterocycles. The minimum Gasteiger partial charge on any atom is -0.477 e. The molecule has 0 saturated heterocycles. The van der Waals surface area contributed by atoms with Gasteiger partial charge in [0.2, 0.25) is 10.0 Å². The van der Waals surface area contributed by atoms with Crippen LogP contribution in [0.25, 0.3) is 5.69 Å². The predicted octanol–water partition coefficient (Wildman–Crippen LogP) is 1.13. The molecule has 0 amide bonds. The molecule has 3 N–H and O–H groups in total. The second-order valence-corrected chi connectivity index (χ2v) is 5.61. The Balaban J connectivity index is 2.69. The maximum absolute atomic E-state index is 11.4. The number of nitrogens with zero attached hydrogens (tertiary/aromatic N) is 1. The van der Waals surface area contributed by atoms with Crippen molar-refractivity contribution in [1.82, 2.24) is 4.57 Å². The standard InChI is InChI=1S/C12H12N2O4S/c1-8-2-4-9(5-3-8)14-7-6-10(19(13,17)18)11(14)12(15)16/h2-7H,1H3,(H,15,16)(H2,13,17,18). The SMILES string of the molecule is Cc1ccc(-n2ccc(S(N)(=O)=O)c2C(=O)O)cc1. The number of aromatic nitrogens is 1. The third-order valence-corrected chi connectivity index (χ3v) is 3.61. The summed E-state index contributed by atoms with van der Waals surface area (Å²) in [5.41, 5.74) is 1.20. The first-order valence-corrected chi connectivity index (χ1v) is 6.90. The number of aromatic carboxylic acids is 1. The number of sulfonamides is 1. The first-order chi connectivity index (χ1) is 8.80. The second kappa shape index (κ2) is 4.52. The largest absolute Gasteiger partial charge is 0.477 e. The lowest BCUT2D eigenvalue weighted by molar-refractivity contribution is 0.0684. The number of nitrogens with two attached hydrogens (primary N) is 1. The van der Waals surface area contributed by atoms with E-state index in [-0.39, 0.29) is 5.69 Å². The Morgan fingerprint density at radius 3 is 2.26 bits per heavy atom. The van der Waals surface area contributed by atoms with Gasteiger partial charge in [-0.2, -0.15) is 0 Å². The fourth-order valence-corrected chi connectivity index (χ4v) is 2.48. The van der Waals surface area contributed by atoms with Crippen molar-refractivity contribution in [2.24, 2.45) is 5.14 Å². The quantitative estimate of drug-likeness (QED) is 0.879. The van der Waals surface area contributed by atoms with E-state index in [2.05, 4.69) is 0 Å². The molecule has 0 aliphatic carbocycles. The van der Waals surface area contributed by atoms with Crippen LogP contribution < -0.4 is 5.14 Å². The van der Waals surface area contributed by atoms with Gasteiger partial charge >= 0.3 is 5.97 Å². The van der Waals surface area contributed by atoms with E-state index < -0.39 is 20.9 Å². The van der Waals surface area contributed by atoms with Crippen LogP contribution in [0.1, 0.15) is 16.1 Å². The molecular formula is C12H12N2O4S. The van der Waals surface area contributed by atoms with Crippen molar-refractivity contribution in [1.29, 1.82) is 0 Å². The first-order valence-electron chi connectivity index (χ1n) is 5.35. The van der Waals surface area contributed by atoms with Crippen LogP contribution in [0.2, 0.25) is 0 Å². The Hall–Kier alpha value is -2.12. The van der Waals surface area contributed by atoms with E-state index in [4.69, 9.17) is 5.14 Å². The monoisotopic (exact) mass is 280 g/mol. The van der Waals surface area contributed by atoms with Gasteiger partial charge in [-0.15, -0.1) is 0 Å². The van der Waals surface area contributed by atoms with Gasteiger partial charge in [0.15, 0.2) is 5.69 Å². The molecule has 2 rings (SSSR count). The third-order valence-electron chi connectivity index (χ3n) is 2.67. The highest BCUT2D eigenvalue weighted by atomic mass is 32.2. The zero-order valence-electron chi connectivity index (χ0n) is 10.1. The van der Waals surface area contributed by atoms with Gasteiger partial charge in [0.1, 0.15) is 4.90 Å². The fourth-order valence-electron chi connectivity index (χ4n) is 1.77. The van der Waals surface area contributed by atoms with Crippen LogP contribution in [0.15, 0.2) is 41.4 Å². The molecule has 0 unspecified atom stereocenters. The van der Waals surface area contributed by atoms with E-state index in [9.17, 15) is 18.3 Å². The van der Waals surface area contributed by atoms with Gasteiger partial charge in [-0.3, -0.25) is 0 Å². The van der Waals surface area contributed by atoms with Crippen LogP contribution in [0.3, 0.4) is 0 Å². The van der Waals surface area contributed by atoms with Gasteiger partial charge in [0, 0.05) is 11.9 Å². The van der Waals surface area contributed by atoms with E-state index in [1.54, 1.807) is 24.3 Å². The van der Waals surface area contributed by atoms with Gasteiger partial charge in [0.05, 0.1) is 0 Å². The van der Waals surface area contributed by atoms with Crippen molar-refractivity contribution in [3.05, 3.63) is 47.8 Å². The molecule has 19 heavy (non-hydrogen) atoms. The molecule has 0 bridgehead atoms. The van der Waals surface area contributed by atoms with Crippen molar-refractivity contribution < 1.29 is 18.3 Å². The molecule has 1 aromatic carbocycles. The zero-order valence-corrected chi connectivity index (χ0v) is 10.9. The summed E-state index contributed by atoms with van der Waals surface area (Å²) in [6.45, 7) is 1.90.